The maximum atomic E-state index is 11.8. The number of ether oxygens (including phenoxy) is 1. The van der Waals surface area contributed by atoms with Gasteiger partial charge in [-0.2, -0.15) is 0 Å². The highest BCUT2D eigenvalue weighted by atomic mass is 16.5. The van der Waals surface area contributed by atoms with E-state index in [2.05, 4.69) is 27.7 Å². The number of aromatic nitrogens is 4. The lowest BCUT2D eigenvalue weighted by Gasteiger charge is -2.27. The highest BCUT2D eigenvalue weighted by Gasteiger charge is 2.29. The van der Waals surface area contributed by atoms with Gasteiger partial charge in [-0.05, 0) is 29.3 Å². The number of benzene rings is 1. The molecule has 1 aliphatic rings. The van der Waals surface area contributed by atoms with E-state index in [1.165, 1.54) is 10.5 Å². The molecule has 134 valence electrons. The van der Waals surface area contributed by atoms with Crippen LogP contribution in [0.3, 0.4) is 0 Å². The number of carbonyl (C=O) groups excluding carboxylic acids is 1. The first-order valence-electron chi connectivity index (χ1n) is 9.05. The fraction of sp³-hybridized carbons (Fsp3) is 0.556. The molecule has 1 aromatic carbocycles. The molecule has 0 unspecified atom stereocenters. The molecule has 0 bridgehead atoms. The molecule has 0 spiro atoms. The summed E-state index contributed by atoms with van der Waals surface area (Å²) in [5.74, 6) is 0.924. The Balaban J connectivity index is 1.49. The summed E-state index contributed by atoms with van der Waals surface area (Å²) in [7, 11) is 0. The smallest absolute Gasteiger partial charge is 0.309 e. The molecule has 2 aromatic rings. The number of quaternary nitrogens is 1. The number of aryl methyl sites for hydroxylation is 2. The summed E-state index contributed by atoms with van der Waals surface area (Å²) in [6.07, 6.45) is 2.67. The monoisotopic (exact) mass is 344 g/mol. The predicted molar refractivity (Wildman–Crippen MR) is 91.7 cm³/mol. The predicted octanol–water partition coefficient (Wildman–Crippen LogP) is 0.274. The van der Waals surface area contributed by atoms with Crippen molar-refractivity contribution < 1.29 is 14.4 Å². The van der Waals surface area contributed by atoms with Gasteiger partial charge in [0.15, 0.2) is 0 Å². The number of hydrogen-bond donors (Lipinski definition) is 1. The molecule has 0 radical (unpaired) electrons. The Morgan fingerprint density at radius 3 is 2.76 bits per heavy atom. The molecular weight excluding hydrogens is 318 g/mol. The van der Waals surface area contributed by atoms with Crippen LogP contribution in [0.4, 0.5) is 0 Å². The minimum atomic E-state index is -0.0470. The zero-order valence-electron chi connectivity index (χ0n) is 14.7. The first kappa shape index (κ1) is 17.5. The van der Waals surface area contributed by atoms with Crippen LogP contribution < -0.4 is 4.90 Å². The SMILES string of the molecule is CCOC(=O)C1CC[NH+](Cc2nnnn2CCc2ccccc2)CC1. The van der Waals surface area contributed by atoms with Crippen molar-refractivity contribution in [3.63, 3.8) is 0 Å². The second kappa shape index (κ2) is 8.71. The summed E-state index contributed by atoms with van der Waals surface area (Å²) >= 11 is 0. The number of nitrogens with one attached hydrogen (secondary N) is 1. The maximum absolute atomic E-state index is 11.8. The normalized spacial score (nSPS) is 20.4. The van der Waals surface area contributed by atoms with Crippen LogP contribution in [0.2, 0.25) is 0 Å². The summed E-state index contributed by atoms with van der Waals surface area (Å²) in [5.41, 5.74) is 1.28. The van der Waals surface area contributed by atoms with Crippen LogP contribution >= 0.6 is 0 Å². The lowest BCUT2D eigenvalue weighted by atomic mass is 9.97. The number of nitrogens with zero attached hydrogens (tertiary/aromatic N) is 4. The molecular formula is C18H26N5O2+. The Morgan fingerprint density at radius 1 is 1.28 bits per heavy atom. The summed E-state index contributed by atoms with van der Waals surface area (Å²) in [5, 5.41) is 12.2. The van der Waals surface area contributed by atoms with Crippen LogP contribution in [-0.2, 0) is 29.0 Å². The van der Waals surface area contributed by atoms with Crippen molar-refractivity contribution in [2.75, 3.05) is 19.7 Å². The summed E-state index contributed by atoms with van der Waals surface area (Å²) < 4.78 is 7.03. The minimum absolute atomic E-state index is 0.0470. The number of hydrogen-bond acceptors (Lipinski definition) is 5. The fourth-order valence-electron chi connectivity index (χ4n) is 3.33. The number of esters is 1. The Kier molecular flexibility index (Phi) is 6.11. The third-order valence-electron chi connectivity index (χ3n) is 4.78. The molecule has 2 heterocycles. The van der Waals surface area contributed by atoms with Crippen LogP contribution in [0.15, 0.2) is 30.3 Å². The second-order valence-corrected chi connectivity index (χ2v) is 6.51. The van der Waals surface area contributed by atoms with Gasteiger partial charge in [0.1, 0.15) is 6.54 Å². The molecule has 1 aliphatic heterocycles. The van der Waals surface area contributed by atoms with E-state index in [0.717, 1.165) is 51.3 Å². The van der Waals surface area contributed by atoms with Crippen LogP contribution in [0, 0.1) is 5.92 Å². The molecule has 1 saturated heterocycles. The lowest BCUT2D eigenvalue weighted by Crippen LogP contribution is -3.12. The number of tetrazole rings is 1. The van der Waals surface area contributed by atoms with Crippen molar-refractivity contribution in [1.29, 1.82) is 0 Å². The van der Waals surface area contributed by atoms with E-state index < -0.39 is 0 Å². The van der Waals surface area contributed by atoms with Gasteiger partial charge >= 0.3 is 5.97 Å². The van der Waals surface area contributed by atoms with Crippen LogP contribution in [0.1, 0.15) is 31.2 Å². The molecule has 0 aliphatic carbocycles. The van der Waals surface area contributed by atoms with E-state index in [1.54, 1.807) is 0 Å². The minimum Gasteiger partial charge on any atom is -0.466 e. The molecule has 25 heavy (non-hydrogen) atoms. The van der Waals surface area contributed by atoms with Crippen LogP contribution in [0.5, 0.6) is 0 Å². The van der Waals surface area contributed by atoms with Gasteiger partial charge in [-0.15, -0.1) is 5.10 Å². The topological polar surface area (TPSA) is 74.3 Å². The van der Waals surface area contributed by atoms with E-state index in [4.69, 9.17) is 4.74 Å². The van der Waals surface area contributed by atoms with Crippen molar-refractivity contribution in [3.05, 3.63) is 41.7 Å². The van der Waals surface area contributed by atoms with Crippen molar-refractivity contribution in [2.24, 2.45) is 5.92 Å². The van der Waals surface area contributed by atoms with E-state index in [1.807, 2.05) is 29.8 Å². The van der Waals surface area contributed by atoms with Crippen molar-refractivity contribution in [1.82, 2.24) is 20.2 Å². The highest BCUT2D eigenvalue weighted by Crippen LogP contribution is 2.12. The van der Waals surface area contributed by atoms with E-state index in [9.17, 15) is 4.79 Å². The van der Waals surface area contributed by atoms with E-state index >= 15 is 0 Å². The average Bonchev–Trinajstić information content (AvgIpc) is 3.09. The number of carbonyl (C=O) groups is 1. The van der Waals surface area contributed by atoms with Crippen molar-refractivity contribution in [3.8, 4) is 0 Å². The average molecular weight is 344 g/mol. The number of piperidine rings is 1. The Hall–Kier alpha value is -2.28. The molecule has 3 rings (SSSR count). The lowest BCUT2D eigenvalue weighted by molar-refractivity contribution is -0.920. The highest BCUT2D eigenvalue weighted by molar-refractivity contribution is 5.72. The van der Waals surface area contributed by atoms with Gasteiger partial charge in [0.2, 0.25) is 5.82 Å². The summed E-state index contributed by atoms with van der Waals surface area (Å²) in [4.78, 5) is 13.3. The third-order valence-corrected chi connectivity index (χ3v) is 4.78. The maximum Gasteiger partial charge on any atom is 0.309 e. The molecule has 0 atom stereocenters. The molecule has 7 nitrogen and oxygen atoms in total. The number of rotatable bonds is 7. The van der Waals surface area contributed by atoms with Gasteiger partial charge in [0.05, 0.1) is 25.6 Å². The van der Waals surface area contributed by atoms with Crippen molar-refractivity contribution in [2.45, 2.75) is 39.3 Å². The molecule has 7 heteroatoms. The van der Waals surface area contributed by atoms with Gasteiger partial charge in [-0.1, -0.05) is 30.3 Å². The first-order valence-corrected chi connectivity index (χ1v) is 9.05. The Labute approximate surface area is 148 Å². The van der Waals surface area contributed by atoms with E-state index in [-0.39, 0.29) is 11.9 Å². The van der Waals surface area contributed by atoms with Gasteiger partial charge in [-0.3, -0.25) is 4.79 Å². The van der Waals surface area contributed by atoms with Crippen molar-refractivity contribution >= 4 is 5.97 Å². The van der Waals surface area contributed by atoms with Crippen LogP contribution in [-0.4, -0.2) is 45.9 Å². The fourth-order valence-corrected chi connectivity index (χ4v) is 3.33. The quantitative estimate of drug-likeness (QED) is 0.730. The standard InChI is InChI=1S/C18H25N5O2/c1-2-25-18(24)16-9-11-22(12-10-16)14-17-19-20-21-23(17)13-8-15-6-4-3-5-7-15/h3-7,16H,2,8-14H2,1H3/p+1. The molecule has 1 N–H and O–H groups in total. The van der Waals surface area contributed by atoms with Gasteiger partial charge in [0.25, 0.3) is 0 Å². The zero-order valence-corrected chi connectivity index (χ0v) is 14.7. The molecule has 1 aromatic heterocycles. The largest absolute Gasteiger partial charge is 0.466 e. The zero-order chi connectivity index (χ0) is 17.5. The first-order chi connectivity index (χ1) is 12.3. The summed E-state index contributed by atoms with van der Waals surface area (Å²) in [6, 6.07) is 10.4. The summed E-state index contributed by atoms with van der Waals surface area (Å²) in [6.45, 7) is 5.81. The Bertz CT molecular complexity index is 665. The van der Waals surface area contributed by atoms with Gasteiger partial charge < -0.3 is 9.64 Å². The number of likely N-dealkylation sites (tertiary alicyclic amines) is 1. The second-order valence-electron chi connectivity index (χ2n) is 6.51. The van der Waals surface area contributed by atoms with Crippen LogP contribution in [0.25, 0.3) is 0 Å². The molecule has 0 amide bonds. The molecule has 0 saturated carbocycles. The molecule has 1 fully saturated rings. The van der Waals surface area contributed by atoms with Gasteiger partial charge in [0, 0.05) is 19.4 Å². The third kappa shape index (κ3) is 4.85. The van der Waals surface area contributed by atoms with Gasteiger partial charge in [-0.25, -0.2) is 4.68 Å². The Morgan fingerprint density at radius 2 is 2.04 bits per heavy atom. The van der Waals surface area contributed by atoms with E-state index in [0.29, 0.717) is 6.61 Å².